The molecule has 0 atom stereocenters. The average Bonchev–Trinajstić information content (AvgIpc) is 2.88. The van der Waals surface area contributed by atoms with Crippen LogP contribution in [0.3, 0.4) is 0 Å². The van der Waals surface area contributed by atoms with Gasteiger partial charge in [-0.05, 0) is 96.5 Å². The smallest absolute Gasteiger partial charge is 0.280 e. The molecule has 3 aromatic carbocycles. The third-order valence-corrected chi connectivity index (χ3v) is 6.86. The fourth-order valence-corrected chi connectivity index (χ4v) is 4.53. The molecular weight excluding hydrogens is 468 g/mol. The van der Waals surface area contributed by atoms with Gasteiger partial charge in [0.15, 0.2) is 5.84 Å². The highest BCUT2D eigenvalue weighted by molar-refractivity contribution is 6.01. The van der Waals surface area contributed by atoms with Gasteiger partial charge in [0.2, 0.25) is 0 Å². The molecule has 0 saturated heterocycles. The van der Waals surface area contributed by atoms with E-state index < -0.39 is 4.92 Å². The molecule has 1 heterocycles. The Hall–Kier alpha value is -4.11. The number of nitrogens with zero attached hydrogens (tertiary/aromatic N) is 5. The van der Waals surface area contributed by atoms with E-state index in [0.717, 1.165) is 49.4 Å². The third-order valence-electron chi connectivity index (χ3n) is 6.86. The Bertz CT molecular complexity index is 1370. The predicted molar refractivity (Wildman–Crippen MR) is 145 cm³/mol. The van der Waals surface area contributed by atoms with Gasteiger partial charge in [0.25, 0.3) is 5.69 Å². The summed E-state index contributed by atoms with van der Waals surface area (Å²) in [6.45, 7) is 8.70. The highest BCUT2D eigenvalue weighted by atomic mass is 16.6. The number of ether oxygens (including phenoxy) is 1. The van der Waals surface area contributed by atoms with Crippen molar-refractivity contribution in [3.05, 3.63) is 97.6 Å². The molecule has 9 nitrogen and oxygen atoms in total. The molecule has 0 aromatic heterocycles. The molecule has 0 unspecified atom stereocenters. The van der Waals surface area contributed by atoms with Crippen LogP contribution < -0.4 is 10.5 Å². The maximum Gasteiger partial charge on any atom is 0.280 e. The molecule has 1 aliphatic rings. The summed E-state index contributed by atoms with van der Waals surface area (Å²) in [5, 5.41) is 23.2. The maximum atomic E-state index is 11.4. The van der Waals surface area contributed by atoms with Gasteiger partial charge in [0.1, 0.15) is 5.75 Å². The average molecular weight is 501 g/mol. The quantitative estimate of drug-likeness (QED) is 0.143. The minimum atomic E-state index is -0.472. The Labute approximate surface area is 216 Å². The van der Waals surface area contributed by atoms with Crippen LogP contribution in [0.1, 0.15) is 38.9 Å². The number of nitro benzene ring substituents is 1. The summed E-state index contributed by atoms with van der Waals surface area (Å²) in [6, 6.07) is 15.4. The molecule has 37 heavy (non-hydrogen) atoms. The van der Waals surface area contributed by atoms with E-state index in [1.54, 1.807) is 13.2 Å². The Morgan fingerprint density at radius 1 is 1.05 bits per heavy atom. The number of fused-ring (bicyclic) bond motifs is 1. The number of benzene rings is 3. The fourth-order valence-electron chi connectivity index (χ4n) is 4.53. The molecule has 1 aliphatic heterocycles. The lowest BCUT2D eigenvalue weighted by Crippen LogP contribution is -2.32. The molecule has 3 aromatic rings. The minimum Gasteiger partial charge on any atom is -0.496 e. The van der Waals surface area contributed by atoms with Crippen molar-refractivity contribution < 1.29 is 9.66 Å². The van der Waals surface area contributed by atoms with Crippen molar-refractivity contribution in [3.8, 4) is 5.75 Å². The SMILES string of the molecule is COc1cc2c(cc1C)CCN(CCc1ccc(N=N/N=C(\N)c3cc(C)c(C)cc3[N+](=O)[O-])cc1)C2. The molecule has 192 valence electrons. The van der Waals surface area contributed by atoms with E-state index in [9.17, 15) is 10.1 Å². The van der Waals surface area contributed by atoms with Crippen LogP contribution in [0.5, 0.6) is 5.75 Å². The first-order chi connectivity index (χ1) is 17.7. The normalized spacial score (nSPS) is 14.1. The Morgan fingerprint density at radius 2 is 1.78 bits per heavy atom. The molecule has 9 heteroatoms. The van der Waals surface area contributed by atoms with Crippen LogP contribution in [0, 0.1) is 30.9 Å². The number of hydrogen-bond acceptors (Lipinski definition) is 6. The van der Waals surface area contributed by atoms with Crippen molar-refractivity contribution >= 4 is 17.2 Å². The van der Waals surface area contributed by atoms with Crippen LogP contribution in [-0.2, 0) is 19.4 Å². The molecule has 2 N–H and O–H groups in total. The predicted octanol–water partition coefficient (Wildman–Crippen LogP) is 5.53. The number of amidine groups is 1. The van der Waals surface area contributed by atoms with Gasteiger partial charge in [-0.3, -0.25) is 15.0 Å². The highest BCUT2D eigenvalue weighted by Gasteiger charge is 2.19. The van der Waals surface area contributed by atoms with Gasteiger partial charge >= 0.3 is 0 Å². The second-order valence-electron chi connectivity index (χ2n) is 9.42. The van der Waals surface area contributed by atoms with E-state index >= 15 is 0 Å². The Balaban J connectivity index is 1.35. The van der Waals surface area contributed by atoms with Crippen molar-refractivity contribution in [3.63, 3.8) is 0 Å². The summed E-state index contributed by atoms with van der Waals surface area (Å²) < 4.78 is 5.50. The summed E-state index contributed by atoms with van der Waals surface area (Å²) >= 11 is 0. The number of nitro groups is 1. The van der Waals surface area contributed by atoms with Crippen LogP contribution in [0.15, 0.2) is 64.0 Å². The zero-order valence-electron chi connectivity index (χ0n) is 21.7. The highest BCUT2D eigenvalue weighted by Crippen LogP contribution is 2.28. The van der Waals surface area contributed by atoms with Gasteiger partial charge in [0.05, 0.1) is 23.3 Å². The van der Waals surface area contributed by atoms with Crippen molar-refractivity contribution in [2.75, 3.05) is 20.2 Å². The molecule has 4 rings (SSSR count). The van der Waals surface area contributed by atoms with Crippen molar-refractivity contribution in [2.24, 2.45) is 21.2 Å². The van der Waals surface area contributed by atoms with Crippen molar-refractivity contribution in [1.29, 1.82) is 0 Å². The van der Waals surface area contributed by atoms with Crippen LogP contribution in [0.2, 0.25) is 0 Å². The first-order valence-corrected chi connectivity index (χ1v) is 12.2. The van der Waals surface area contributed by atoms with E-state index in [-0.39, 0.29) is 17.1 Å². The van der Waals surface area contributed by atoms with E-state index in [2.05, 4.69) is 39.4 Å². The summed E-state index contributed by atoms with van der Waals surface area (Å²) in [6.07, 6.45) is 1.98. The zero-order valence-corrected chi connectivity index (χ0v) is 21.7. The van der Waals surface area contributed by atoms with Gasteiger partial charge in [0, 0.05) is 25.7 Å². The first-order valence-electron chi connectivity index (χ1n) is 12.2. The lowest BCUT2D eigenvalue weighted by Gasteiger charge is -2.29. The van der Waals surface area contributed by atoms with Gasteiger partial charge in [-0.1, -0.05) is 18.2 Å². The largest absolute Gasteiger partial charge is 0.496 e. The van der Waals surface area contributed by atoms with Gasteiger partial charge < -0.3 is 10.5 Å². The number of aryl methyl sites for hydroxylation is 3. The number of hydrogen-bond donors (Lipinski definition) is 1. The van der Waals surface area contributed by atoms with Crippen LogP contribution in [-0.4, -0.2) is 35.9 Å². The monoisotopic (exact) mass is 500 g/mol. The molecule has 0 saturated carbocycles. The van der Waals surface area contributed by atoms with E-state index in [1.807, 2.05) is 38.1 Å². The molecule has 0 spiro atoms. The summed E-state index contributed by atoms with van der Waals surface area (Å²) in [7, 11) is 1.72. The van der Waals surface area contributed by atoms with Crippen LogP contribution >= 0.6 is 0 Å². The molecule has 0 bridgehead atoms. The number of rotatable bonds is 8. The summed E-state index contributed by atoms with van der Waals surface area (Å²) in [4.78, 5) is 13.4. The summed E-state index contributed by atoms with van der Waals surface area (Å²) in [5.41, 5.74) is 13.6. The molecule has 0 fully saturated rings. The van der Waals surface area contributed by atoms with Gasteiger partial charge in [-0.25, -0.2) is 0 Å². The standard InChI is InChI=1S/C28H32N6O3/c1-18-14-25(26(34(35)36)15-19(18)2)28(29)31-32-30-24-7-5-21(6-8-24)9-11-33-12-10-22-13-20(3)27(37-4)16-23(22)17-33/h5-8,13-16H,9-12,17H2,1-4H3,(H2,29,30,31). The zero-order chi connectivity index (χ0) is 26.5. The second kappa shape index (κ2) is 11.3. The number of nitrogens with two attached hydrogens (primary N) is 1. The van der Waals surface area contributed by atoms with Crippen LogP contribution in [0.4, 0.5) is 11.4 Å². The van der Waals surface area contributed by atoms with E-state index in [4.69, 9.17) is 10.5 Å². The van der Waals surface area contributed by atoms with Crippen molar-refractivity contribution in [2.45, 2.75) is 40.2 Å². The minimum absolute atomic E-state index is 0.0499. The number of methoxy groups -OCH3 is 1. The first kappa shape index (κ1) is 26.0. The van der Waals surface area contributed by atoms with Gasteiger partial charge in [-0.15, -0.1) is 10.2 Å². The molecular formula is C28H32N6O3. The lowest BCUT2D eigenvalue weighted by atomic mass is 9.96. The third kappa shape index (κ3) is 6.18. The molecule has 0 amide bonds. The Morgan fingerprint density at radius 3 is 2.49 bits per heavy atom. The topological polar surface area (TPSA) is 119 Å². The summed E-state index contributed by atoms with van der Waals surface area (Å²) in [5.74, 6) is 0.898. The van der Waals surface area contributed by atoms with E-state index in [0.29, 0.717) is 5.69 Å². The van der Waals surface area contributed by atoms with E-state index in [1.165, 1.54) is 28.3 Å². The molecule has 0 radical (unpaired) electrons. The van der Waals surface area contributed by atoms with Crippen LogP contribution in [0.25, 0.3) is 0 Å². The molecule has 0 aliphatic carbocycles. The van der Waals surface area contributed by atoms with Gasteiger partial charge in [-0.2, -0.15) is 0 Å². The fraction of sp³-hybridized carbons (Fsp3) is 0.321. The lowest BCUT2D eigenvalue weighted by molar-refractivity contribution is -0.385. The second-order valence-corrected chi connectivity index (χ2v) is 9.42. The Kier molecular flexibility index (Phi) is 7.93. The van der Waals surface area contributed by atoms with Crippen molar-refractivity contribution in [1.82, 2.24) is 4.90 Å². The maximum absolute atomic E-state index is 11.4.